The maximum Gasteiger partial charge on any atom is 0.148 e. The van der Waals surface area contributed by atoms with E-state index in [4.69, 9.17) is 4.74 Å². The molecular weight excluding hydrogens is 347 g/mol. The highest BCUT2D eigenvalue weighted by Crippen LogP contribution is 2.45. The fourth-order valence-corrected chi connectivity index (χ4v) is 3.53. The average Bonchev–Trinajstić information content (AvgIpc) is 3.19. The second-order valence-corrected chi connectivity index (χ2v) is 6.69. The molecule has 8 heteroatoms. The van der Waals surface area contributed by atoms with Crippen molar-refractivity contribution < 1.29 is 9.13 Å². The normalized spacial score (nSPS) is 18.9. The second kappa shape index (κ2) is 6.24. The first-order valence-corrected chi connectivity index (χ1v) is 8.72. The third kappa shape index (κ3) is 2.78. The van der Waals surface area contributed by atoms with E-state index in [0.29, 0.717) is 18.2 Å². The lowest BCUT2D eigenvalue weighted by atomic mass is 10.1. The van der Waals surface area contributed by atoms with Crippen molar-refractivity contribution in [3.05, 3.63) is 66.3 Å². The molecule has 1 aliphatic carbocycles. The smallest absolute Gasteiger partial charge is 0.148 e. The molecule has 0 spiro atoms. The number of halogens is 1. The van der Waals surface area contributed by atoms with Crippen LogP contribution in [0.3, 0.4) is 0 Å². The Morgan fingerprint density at radius 1 is 1.26 bits per heavy atom. The Balaban J connectivity index is 1.48. The highest BCUT2D eigenvalue weighted by molar-refractivity contribution is 5.80. The highest BCUT2D eigenvalue weighted by Gasteiger charge is 2.40. The number of para-hydroxylation sites is 1. The summed E-state index contributed by atoms with van der Waals surface area (Å²) >= 11 is 0. The summed E-state index contributed by atoms with van der Waals surface area (Å²) in [5.41, 5.74) is 3.14. The Bertz CT molecular complexity index is 1120. The van der Waals surface area contributed by atoms with Crippen LogP contribution in [0, 0.1) is 5.82 Å². The van der Waals surface area contributed by atoms with Crippen LogP contribution in [0.25, 0.3) is 16.7 Å². The van der Waals surface area contributed by atoms with E-state index in [1.54, 1.807) is 37.8 Å². The zero-order valence-electron chi connectivity index (χ0n) is 14.7. The van der Waals surface area contributed by atoms with Crippen molar-refractivity contribution in [1.82, 2.24) is 29.5 Å². The number of nitrogens with zero attached hydrogens (tertiary/aromatic N) is 6. The molecule has 1 aliphatic rings. The highest BCUT2D eigenvalue weighted by atomic mass is 19.1. The summed E-state index contributed by atoms with van der Waals surface area (Å²) in [6, 6.07) is 6.49. The van der Waals surface area contributed by atoms with Crippen LogP contribution in [0.4, 0.5) is 4.39 Å². The average molecular weight is 364 g/mol. The Hall–Kier alpha value is -3.13. The Labute approximate surface area is 154 Å². The monoisotopic (exact) mass is 364 g/mol. The van der Waals surface area contributed by atoms with Crippen LogP contribution < -0.4 is 0 Å². The first kappa shape index (κ1) is 16.1. The van der Waals surface area contributed by atoms with Gasteiger partial charge in [-0.15, -0.1) is 5.10 Å². The van der Waals surface area contributed by atoms with Crippen LogP contribution >= 0.6 is 0 Å². The number of hydrogen-bond donors (Lipinski definition) is 0. The molecule has 0 saturated heterocycles. The molecule has 1 fully saturated rings. The first-order valence-electron chi connectivity index (χ1n) is 8.72. The fourth-order valence-electron chi connectivity index (χ4n) is 3.53. The Kier molecular flexibility index (Phi) is 3.71. The van der Waals surface area contributed by atoms with Gasteiger partial charge in [-0.25, -0.2) is 19.0 Å². The quantitative estimate of drug-likeness (QED) is 0.545. The van der Waals surface area contributed by atoms with Gasteiger partial charge in [0.15, 0.2) is 0 Å². The number of ether oxygens (including phenoxy) is 1. The standard InChI is InChI=1S/C19H17FN6O/c1-27-18-6-13(18)15-10-25(19-14(15)7-21-11-22-19)8-12-9-26(24-23-12)17-5-3-2-4-16(17)20/h2-5,7,9-11,13,18H,6,8H2,1H3. The number of methoxy groups -OCH3 is 1. The van der Waals surface area contributed by atoms with Gasteiger partial charge in [-0.3, -0.25) is 0 Å². The lowest BCUT2D eigenvalue weighted by Crippen LogP contribution is -2.00. The van der Waals surface area contributed by atoms with Gasteiger partial charge in [0.05, 0.1) is 18.8 Å². The Morgan fingerprint density at radius 3 is 2.96 bits per heavy atom. The predicted octanol–water partition coefficient (Wildman–Crippen LogP) is 2.70. The van der Waals surface area contributed by atoms with Crippen LogP contribution in [0.1, 0.15) is 23.6 Å². The molecule has 0 aliphatic heterocycles. The van der Waals surface area contributed by atoms with Gasteiger partial charge in [0.1, 0.15) is 29.2 Å². The molecule has 3 aromatic heterocycles. The molecule has 3 heterocycles. The van der Waals surface area contributed by atoms with E-state index in [1.165, 1.54) is 16.3 Å². The fraction of sp³-hybridized carbons (Fsp3) is 0.263. The summed E-state index contributed by atoms with van der Waals surface area (Å²) in [6.45, 7) is 0.492. The molecule has 0 bridgehead atoms. The van der Waals surface area contributed by atoms with Crippen molar-refractivity contribution in [2.75, 3.05) is 7.11 Å². The van der Waals surface area contributed by atoms with E-state index in [0.717, 1.165) is 23.1 Å². The van der Waals surface area contributed by atoms with E-state index in [1.807, 2.05) is 10.8 Å². The van der Waals surface area contributed by atoms with Gasteiger partial charge in [-0.05, 0) is 24.1 Å². The van der Waals surface area contributed by atoms with Gasteiger partial charge >= 0.3 is 0 Å². The van der Waals surface area contributed by atoms with Crippen LogP contribution in [-0.4, -0.2) is 42.7 Å². The van der Waals surface area contributed by atoms with Gasteiger partial charge in [0.25, 0.3) is 0 Å². The third-order valence-electron chi connectivity index (χ3n) is 4.98. The van der Waals surface area contributed by atoms with Crippen LogP contribution in [0.15, 0.2) is 49.2 Å². The van der Waals surface area contributed by atoms with E-state index >= 15 is 0 Å². The number of fused-ring (bicyclic) bond motifs is 1. The van der Waals surface area contributed by atoms with Crippen LogP contribution in [0.5, 0.6) is 0 Å². The van der Waals surface area contributed by atoms with Crippen molar-refractivity contribution >= 4 is 11.0 Å². The van der Waals surface area contributed by atoms with Crippen LogP contribution in [-0.2, 0) is 11.3 Å². The molecule has 5 rings (SSSR count). The molecule has 2 unspecified atom stereocenters. The minimum atomic E-state index is -0.338. The number of hydrogen-bond acceptors (Lipinski definition) is 5. The summed E-state index contributed by atoms with van der Waals surface area (Å²) < 4.78 is 22.9. The summed E-state index contributed by atoms with van der Waals surface area (Å²) in [4.78, 5) is 8.60. The molecule has 2 atom stereocenters. The second-order valence-electron chi connectivity index (χ2n) is 6.69. The molecule has 1 saturated carbocycles. The van der Waals surface area contributed by atoms with Crippen molar-refractivity contribution in [2.45, 2.75) is 25.0 Å². The number of aromatic nitrogens is 6. The molecule has 136 valence electrons. The summed E-state index contributed by atoms with van der Waals surface area (Å²) in [7, 11) is 1.74. The maximum absolute atomic E-state index is 14.0. The van der Waals surface area contributed by atoms with Gasteiger partial charge in [-0.1, -0.05) is 17.3 Å². The van der Waals surface area contributed by atoms with Gasteiger partial charge in [0.2, 0.25) is 0 Å². The number of rotatable bonds is 5. The third-order valence-corrected chi connectivity index (χ3v) is 4.98. The van der Waals surface area contributed by atoms with E-state index < -0.39 is 0 Å². The van der Waals surface area contributed by atoms with E-state index in [2.05, 4.69) is 26.5 Å². The summed E-state index contributed by atoms with van der Waals surface area (Å²) in [6.07, 6.45) is 8.47. The molecule has 4 aromatic rings. The Morgan fingerprint density at radius 2 is 2.15 bits per heavy atom. The molecular formula is C19H17FN6O. The largest absolute Gasteiger partial charge is 0.381 e. The first-order chi connectivity index (χ1) is 13.2. The minimum Gasteiger partial charge on any atom is -0.381 e. The van der Waals surface area contributed by atoms with Crippen molar-refractivity contribution in [1.29, 1.82) is 0 Å². The van der Waals surface area contributed by atoms with Gasteiger partial charge in [0, 0.05) is 30.8 Å². The molecule has 1 aromatic carbocycles. The summed E-state index contributed by atoms with van der Waals surface area (Å²) in [5.74, 6) is 0.0357. The SMILES string of the molecule is COC1CC1c1cn(Cc2cn(-c3ccccc3F)nn2)c2ncncc12. The number of benzene rings is 1. The van der Waals surface area contributed by atoms with Gasteiger partial charge in [-0.2, -0.15) is 0 Å². The molecule has 0 amide bonds. The molecule has 27 heavy (non-hydrogen) atoms. The molecule has 0 N–H and O–H groups in total. The zero-order valence-corrected chi connectivity index (χ0v) is 14.7. The topological polar surface area (TPSA) is 70.7 Å². The lowest BCUT2D eigenvalue weighted by Gasteiger charge is -2.01. The molecule has 7 nitrogen and oxygen atoms in total. The van der Waals surface area contributed by atoms with Gasteiger partial charge < -0.3 is 9.30 Å². The lowest BCUT2D eigenvalue weighted by molar-refractivity contribution is 0.178. The van der Waals surface area contributed by atoms with E-state index in [9.17, 15) is 4.39 Å². The van der Waals surface area contributed by atoms with Crippen molar-refractivity contribution in [2.24, 2.45) is 0 Å². The maximum atomic E-state index is 14.0. The van der Waals surface area contributed by atoms with Crippen LogP contribution in [0.2, 0.25) is 0 Å². The minimum absolute atomic E-state index is 0.256. The van der Waals surface area contributed by atoms with Crippen molar-refractivity contribution in [3.63, 3.8) is 0 Å². The summed E-state index contributed by atoms with van der Waals surface area (Å²) in [5, 5.41) is 9.29. The predicted molar refractivity (Wildman–Crippen MR) is 96.1 cm³/mol. The van der Waals surface area contributed by atoms with E-state index in [-0.39, 0.29) is 11.9 Å². The molecule has 0 radical (unpaired) electrons. The zero-order chi connectivity index (χ0) is 18.4. The van der Waals surface area contributed by atoms with Crippen molar-refractivity contribution in [3.8, 4) is 5.69 Å².